The van der Waals surface area contributed by atoms with Crippen LogP contribution >= 0.6 is 0 Å². The number of nitrogens with one attached hydrogen (secondary N) is 2. The molecule has 0 amide bonds. The lowest BCUT2D eigenvalue weighted by atomic mass is 10.1. The van der Waals surface area contributed by atoms with Gasteiger partial charge in [-0.1, -0.05) is 24.3 Å². The van der Waals surface area contributed by atoms with Gasteiger partial charge in [0.1, 0.15) is 5.39 Å². The SMILES string of the molecule is COc1cc(C(C)Nc2nc3c(cnn3-c3ccccc3)c(=O)[nH]2)ccc1OC1CCCC1. The van der Waals surface area contributed by atoms with E-state index in [0.717, 1.165) is 29.8 Å². The molecule has 8 nitrogen and oxygen atoms in total. The minimum atomic E-state index is -0.241. The second-order valence-electron chi connectivity index (χ2n) is 8.34. The lowest BCUT2D eigenvalue weighted by Crippen LogP contribution is -2.16. The molecule has 2 N–H and O–H groups in total. The van der Waals surface area contributed by atoms with Gasteiger partial charge in [0, 0.05) is 0 Å². The van der Waals surface area contributed by atoms with E-state index in [1.807, 2.05) is 55.5 Å². The van der Waals surface area contributed by atoms with Gasteiger partial charge in [0.2, 0.25) is 5.95 Å². The number of H-pyrrole nitrogens is 1. The van der Waals surface area contributed by atoms with Crippen LogP contribution in [0.5, 0.6) is 11.5 Å². The van der Waals surface area contributed by atoms with Crippen molar-refractivity contribution in [3.63, 3.8) is 0 Å². The average Bonchev–Trinajstić information content (AvgIpc) is 3.50. The molecule has 0 aliphatic heterocycles. The van der Waals surface area contributed by atoms with Crippen LogP contribution in [-0.4, -0.2) is 33.0 Å². The fraction of sp³-hybridized carbons (Fsp3) is 0.320. The summed E-state index contributed by atoms with van der Waals surface area (Å²) in [5.41, 5.74) is 2.09. The first kappa shape index (κ1) is 21.1. The third-order valence-electron chi connectivity index (χ3n) is 6.08. The maximum atomic E-state index is 12.6. The largest absolute Gasteiger partial charge is 0.493 e. The van der Waals surface area contributed by atoms with Crippen LogP contribution < -0.4 is 20.3 Å². The van der Waals surface area contributed by atoms with E-state index in [9.17, 15) is 4.79 Å². The summed E-state index contributed by atoms with van der Waals surface area (Å²) >= 11 is 0. The summed E-state index contributed by atoms with van der Waals surface area (Å²) in [6.45, 7) is 2.00. The van der Waals surface area contributed by atoms with Crippen LogP contribution in [0.3, 0.4) is 0 Å². The van der Waals surface area contributed by atoms with Crippen molar-refractivity contribution in [2.24, 2.45) is 0 Å². The maximum absolute atomic E-state index is 12.6. The molecule has 1 aliphatic carbocycles. The summed E-state index contributed by atoms with van der Waals surface area (Å²) in [5.74, 6) is 1.84. The van der Waals surface area contributed by atoms with E-state index in [1.54, 1.807) is 11.8 Å². The van der Waals surface area contributed by atoms with Gasteiger partial charge in [0.15, 0.2) is 17.1 Å². The number of ether oxygens (including phenoxy) is 2. The summed E-state index contributed by atoms with van der Waals surface area (Å²) in [5, 5.41) is 8.09. The van der Waals surface area contributed by atoms with E-state index in [0.29, 0.717) is 22.7 Å². The van der Waals surface area contributed by atoms with Crippen molar-refractivity contribution >= 4 is 17.0 Å². The van der Waals surface area contributed by atoms with Gasteiger partial charge < -0.3 is 14.8 Å². The molecule has 4 aromatic rings. The number of fused-ring (bicyclic) bond motifs is 1. The van der Waals surface area contributed by atoms with E-state index < -0.39 is 0 Å². The molecule has 2 aromatic carbocycles. The zero-order valence-electron chi connectivity index (χ0n) is 18.7. The molecule has 1 atom stereocenters. The number of hydrogen-bond donors (Lipinski definition) is 2. The van der Waals surface area contributed by atoms with E-state index in [2.05, 4.69) is 20.4 Å². The predicted octanol–water partition coefficient (Wildman–Crippen LogP) is 4.61. The molecule has 2 aromatic heterocycles. The molecular weight excluding hydrogens is 418 g/mol. The number of rotatable bonds is 7. The molecule has 33 heavy (non-hydrogen) atoms. The van der Waals surface area contributed by atoms with Crippen molar-refractivity contribution in [3.05, 3.63) is 70.6 Å². The van der Waals surface area contributed by atoms with Crippen LogP contribution in [0.2, 0.25) is 0 Å². The van der Waals surface area contributed by atoms with Gasteiger partial charge in [-0.25, -0.2) is 4.68 Å². The van der Waals surface area contributed by atoms with Gasteiger partial charge in [-0.2, -0.15) is 10.1 Å². The van der Waals surface area contributed by atoms with Crippen LogP contribution in [-0.2, 0) is 0 Å². The van der Waals surface area contributed by atoms with Gasteiger partial charge in [-0.05, 0) is 62.4 Å². The molecule has 0 spiro atoms. The topological polar surface area (TPSA) is 94.1 Å². The summed E-state index contributed by atoms with van der Waals surface area (Å²) < 4.78 is 13.4. The first-order valence-electron chi connectivity index (χ1n) is 11.3. The van der Waals surface area contributed by atoms with Crippen molar-refractivity contribution < 1.29 is 9.47 Å². The van der Waals surface area contributed by atoms with Gasteiger partial charge >= 0.3 is 0 Å². The number of methoxy groups -OCH3 is 1. The molecular formula is C25H27N5O3. The highest BCUT2D eigenvalue weighted by Crippen LogP contribution is 2.34. The van der Waals surface area contributed by atoms with Crippen LogP contribution in [0.15, 0.2) is 59.5 Å². The van der Waals surface area contributed by atoms with Gasteiger partial charge in [-0.15, -0.1) is 0 Å². The Morgan fingerprint density at radius 3 is 2.67 bits per heavy atom. The Morgan fingerprint density at radius 1 is 1.12 bits per heavy atom. The van der Waals surface area contributed by atoms with Gasteiger partial charge in [0.05, 0.1) is 31.1 Å². The van der Waals surface area contributed by atoms with Crippen LogP contribution in [0.1, 0.15) is 44.2 Å². The Hall–Kier alpha value is -3.81. The average molecular weight is 446 g/mol. The number of benzene rings is 2. The Balaban J connectivity index is 1.40. The molecule has 0 bridgehead atoms. The highest BCUT2D eigenvalue weighted by atomic mass is 16.5. The van der Waals surface area contributed by atoms with E-state index >= 15 is 0 Å². The highest BCUT2D eigenvalue weighted by Gasteiger charge is 2.20. The molecule has 2 heterocycles. The van der Waals surface area contributed by atoms with E-state index in [1.165, 1.54) is 19.0 Å². The number of anilines is 1. The molecule has 1 fully saturated rings. The van der Waals surface area contributed by atoms with Crippen molar-refractivity contribution in [1.29, 1.82) is 0 Å². The first-order valence-corrected chi connectivity index (χ1v) is 11.3. The summed E-state index contributed by atoms with van der Waals surface area (Å²) in [6.07, 6.45) is 6.40. The summed E-state index contributed by atoms with van der Waals surface area (Å²) in [7, 11) is 1.65. The zero-order chi connectivity index (χ0) is 22.8. The third-order valence-corrected chi connectivity index (χ3v) is 6.08. The van der Waals surface area contributed by atoms with Crippen molar-refractivity contribution in [1.82, 2.24) is 19.7 Å². The Morgan fingerprint density at radius 2 is 1.91 bits per heavy atom. The van der Waals surface area contributed by atoms with Crippen molar-refractivity contribution in [3.8, 4) is 17.2 Å². The Labute approximate surface area is 191 Å². The highest BCUT2D eigenvalue weighted by molar-refractivity contribution is 5.76. The van der Waals surface area contributed by atoms with Crippen molar-refractivity contribution in [2.45, 2.75) is 44.8 Å². The molecule has 0 radical (unpaired) electrons. The molecule has 1 saturated carbocycles. The predicted molar refractivity (Wildman–Crippen MR) is 127 cm³/mol. The van der Waals surface area contributed by atoms with Crippen LogP contribution in [0.25, 0.3) is 16.7 Å². The normalized spacial score (nSPS) is 15.0. The lowest BCUT2D eigenvalue weighted by Gasteiger charge is -2.19. The second kappa shape index (κ2) is 8.97. The van der Waals surface area contributed by atoms with E-state index in [-0.39, 0.29) is 17.7 Å². The lowest BCUT2D eigenvalue weighted by molar-refractivity contribution is 0.200. The van der Waals surface area contributed by atoms with Crippen LogP contribution in [0.4, 0.5) is 5.95 Å². The summed E-state index contributed by atoms with van der Waals surface area (Å²) in [6, 6.07) is 15.4. The molecule has 1 unspecified atom stereocenters. The zero-order valence-corrected chi connectivity index (χ0v) is 18.7. The molecule has 8 heteroatoms. The number of aromatic nitrogens is 4. The van der Waals surface area contributed by atoms with Gasteiger partial charge in [-0.3, -0.25) is 9.78 Å². The molecule has 1 aliphatic rings. The smallest absolute Gasteiger partial charge is 0.263 e. The fourth-order valence-electron chi connectivity index (χ4n) is 4.27. The quantitative estimate of drug-likeness (QED) is 0.431. The minimum absolute atomic E-state index is 0.131. The van der Waals surface area contributed by atoms with Gasteiger partial charge in [0.25, 0.3) is 5.56 Å². The second-order valence-corrected chi connectivity index (χ2v) is 8.34. The number of para-hydroxylation sites is 1. The Bertz CT molecular complexity index is 1310. The maximum Gasteiger partial charge on any atom is 0.263 e. The van der Waals surface area contributed by atoms with Crippen LogP contribution in [0, 0.1) is 0 Å². The first-order chi connectivity index (χ1) is 16.1. The monoisotopic (exact) mass is 445 g/mol. The molecule has 5 rings (SSSR count). The number of hydrogen-bond acceptors (Lipinski definition) is 6. The minimum Gasteiger partial charge on any atom is -0.493 e. The fourth-order valence-corrected chi connectivity index (χ4v) is 4.27. The third kappa shape index (κ3) is 4.28. The van der Waals surface area contributed by atoms with E-state index in [4.69, 9.17) is 9.47 Å². The Kier molecular flexibility index (Phi) is 5.73. The molecule has 170 valence electrons. The summed E-state index contributed by atoms with van der Waals surface area (Å²) in [4.78, 5) is 20.1. The number of aromatic amines is 1. The van der Waals surface area contributed by atoms with Crippen molar-refractivity contribution in [2.75, 3.05) is 12.4 Å². The molecule has 0 saturated heterocycles. The number of nitrogens with zero attached hydrogens (tertiary/aromatic N) is 3. The standard InChI is InChI=1S/C25H27N5O3/c1-16(17-12-13-21(22(14-17)32-2)33-19-10-6-7-11-19)27-25-28-23-20(24(31)29-25)15-26-30(23)18-8-4-3-5-9-18/h3-5,8-9,12-16,19H,6-7,10-11H2,1-2H3,(H2,27,28,29,31).